The van der Waals surface area contributed by atoms with Crippen LogP contribution in [0.5, 0.6) is 0 Å². The van der Waals surface area contributed by atoms with Crippen molar-refractivity contribution in [2.75, 3.05) is 20.6 Å². The number of nitrogens with one attached hydrogen (secondary N) is 1. The number of rotatable bonds is 5. The lowest BCUT2D eigenvalue weighted by atomic mass is 10.0. The third kappa shape index (κ3) is 3.62. The van der Waals surface area contributed by atoms with Crippen molar-refractivity contribution in [2.45, 2.75) is 32.9 Å². The van der Waals surface area contributed by atoms with Crippen LogP contribution in [0.3, 0.4) is 0 Å². The summed E-state index contributed by atoms with van der Waals surface area (Å²) in [6.45, 7) is 8.64. The molecule has 2 nitrogen and oxygen atoms in total. The average Bonchev–Trinajstić information content (AvgIpc) is 2.21. The number of likely N-dealkylation sites (N-methyl/N-ethyl adjacent to an activating group) is 2. The number of benzene rings is 1. The summed E-state index contributed by atoms with van der Waals surface area (Å²) in [4.78, 5) is 2.38. The summed E-state index contributed by atoms with van der Waals surface area (Å²) in [5.41, 5.74) is 2.87. The number of aryl methyl sites for hydroxylation is 1. The van der Waals surface area contributed by atoms with Crippen molar-refractivity contribution in [3.8, 4) is 0 Å². The Morgan fingerprint density at radius 1 is 1.19 bits per heavy atom. The number of hydrogen-bond acceptors (Lipinski definition) is 2. The molecular formula is C14H24N2. The van der Waals surface area contributed by atoms with Gasteiger partial charge in [-0.05, 0) is 40.4 Å². The maximum Gasteiger partial charge on any atom is 0.0278 e. The van der Waals surface area contributed by atoms with Crippen LogP contribution >= 0.6 is 0 Å². The van der Waals surface area contributed by atoms with Crippen LogP contribution in [-0.2, 0) is 6.54 Å². The molecule has 0 fully saturated rings. The first-order valence-electron chi connectivity index (χ1n) is 5.87. The Balaban J connectivity index is 2.63. The van der Waals surface area contributed by atoms with Gasteiger partial charge in [0.2, 0.25) is 0 Å². The van der Waals surface area contributed by atoms with Crippen LogP contribution < -0.4 is 5.32 Å². The SMILES string of the molecule is CNCC(C)(C)N(C)Cc1ccc(C)cc1. The van der Waals surface area contributed by atoms with E-state index in [1.807, 2.05) is 7.05 Å². The zero-order valence-corrected chi connectivity index (χ0v) is 11.2. The van der Waals surface area contributed by atoms with Crippen LogP contribution in [0.4, 0.5) is 0 Å². The lowest BCUT2D eigenvalue weighted by Gasteiger charge is -2.35. The van der Waals surface area contributed by atoms with Crippen LogP contribution in [0.1, 0.15) is 25.0 Å². The molecule has 1 aromatic carbocycles. The maximum absolute atomic E-state index is 3.24. The van der Waals surface area contributed by atoms with Crippen LogP contribution in [-0.4, -0.2) is 31.1 Å². The highest BCUT2D eigenvalue weighted by Gasteiger charge is 2.22. The Kier molecular flexibility index (Phi) is 4.51. The molecule has 0 atom stereocenters. The molecule has 0 saturated heterocycles. The van der Waals surface area contributed by atoms with Gasteiger partial charge >= 0.3 is 0 Å². The molecule has 0 bridgehead atoms. The van der Waals surface area contributed by atoms with Crippen molar-refractivity contribution in [1.82, 2.24) is 10.2 Å². The van der Waals surface area contributed by atoms with Crippen molar-refractivity contribution >= 4 is 0 Å². The van der Waals surface area contributed by atoms with Crippen molar-refractivity contribution in [2.24, 2.45) is 0 Å². The van der Waals surface area contributed by atoms with Crippen molar-refractivity contribution in [1.29, 1.82) is 0 Å². The summed E-state index contributed by atoms with van der Waals surface area (Å²) < 4.78 is 0. The van der Waals surface area contributed by atoms with Gasteiger partial charge in [0, 0.05) is 18.6 Å². The topological polar surface area (TPSA) is 15.3 Å². The van der Waals surface area contributed by atoms with Crippen LogP contribution in [0.15, 0.2) is 24.3 Å². The van der Waals surface area contributed by atoms with E-state index in [1.165, 1.54) is 11.1 Å². The third-order valence-electron chi connectivity index (χ3n) is 3.18. The first kappa shape index (κ1) is 13.2. The van der Waals surface area contributed by atoms with Crippen molar-refractivity contribution in [3.05, 3.63) is 35.4 Å². The zero-order valence-electron chi connectivity index (χ0n) is 11.2. The Bertz CT molecular complexity index is 314. The van der Waals surface area contributed by atoms with E-state index in [4.69, 9.17) is 0 Å². The van der Waals surface area contributed by atoms with Gasteiger partial charge in [0.15, 0.2) is 0 Å². The second kappa shape index (κ2) is 5.46. The third-order valence-corrected chi connectivity index (χ3v) is 3.18. The second-order valence-electron chi connectivity index (χ2n) is 5.18. The van der Waals surface area contributed by atoms with E-state index >= 15 is 0 Å². The average molecular weight is 220 g/mol. The van der Waals surface area contributed by atoms with E-state index in [1.54, 1.807) is 0 Å². The second-order valence-corrected chi connectivity index (χ2v) is 5.18. The molecule has 0 radical (unpaired) electrons. The van der Waals surface area contributed by atoms with E-state index < -0.39 is 0 Å². The van der Waals surface area contributed by atoms with Crippen LogP contribution in [0.25, 0.3) is 0 Å². The van der Waals surface area contributed by atoms with Gasteiger partial charge in [0.05, 0.1) is 0 Å². The van der Waals surface area contributed by atoms with Gasteiger partial charge in [-0.25, -0.2) is 0 Å². The number of hydrogen-bond donors (Lipinski definition) is 1. The van der Waals surface area contributed by atoms with Gasteiger partial charge < -0.3 is 5.32 Å². The quantitative estimate of drug-likeness (QED) is 0.820. The van der Waals surface area contributed by atoms with E-state index in [9.17, 15) is 0 Å². The highest BCUT2D eigenvalue weighted by Crippen LogP contribution is 2.15. The standard InChI is InChI=1S/C14H24N2/c1-12-6-8-13(9-7-12)10-16(5)14(2,3)11-15-4/h6-9,15H,10-11H2,1-5H3. The lowest BCUT2D eigenvalue weighted by Crippen LogP contribution is -2.47. The smallest absolute Gasteiger partial charge is 0.0278 e. The molecule has 0 aliphatic carbocycles. The summed E-state index contributed by atoms with van der Waals surface area (Å²) in [7, 11) is 4.18. The van der Waals surface area contributed by atoms with Crippen molar-refractivity contribution in [3.63, 3.8) is 0 Å². The van der Waals surface area contributed by atoms with E-state index in [0.29, 0.717) is 0 Å². The molecule has 0 aliphatic heterocycles. The summed E-state index contributed by atoms with van der Waals surface area (Å²) in [6, 6.07) is 8.77. The molecule has 0 spiro atoms. The predicted octanol–water partition coefficient (Wildman–Crippen LogP) is 2.42. The molecule has 1 N–H and O–H groups in total. The molecule has 2 heteroatoms. The Hall–Kier alpha value is -0.860. The molecule has 0 aliphatic rings. The molecule has 1 aromatic rings. The molecule has 0 amide bonds. The fourth-order valence-corrected chi connectivity index (χ4v) is 1.75. The van der Waals surface area contributed by atoms with Gasteiger partial charge in [-0.15, -0.1) is 0 Å². The van der Waals surface area contributed by atoms with E-state index in [-0.39, 0.29) is 5.54 Å². The minimum absolute atomic E-state index is 0.180. The van der Waals surface area contributed by atoms with E-state index in [0.717, 1.165) is 13.1 Å². The minimum Gasteiger partial charge on any atom is -0.318 e. The van der Waals surface area contributed by atoms with Gasteiger partial charge in [-0.2, -0.15) is 0 Å². The first-order chi connectivity index (χ1) is 7.45. The molecule has 0 heterocycles. The minimum atomic E-state index is 0.180. The lowest BCUT2D eigenvalue weighted by molar-refractivity contribution is 0.147. The van der Waals surface area contributed by atoms with Crippen LogP contribution in [0, 0.1) is 6.92 Å². The van der Waals surface area contributed by atoms with Crippen molar-refractivity contribution < 1.29 is 0 Å². The zero-order chi connectivity index (χ0) is 12.2. The summed E-state index contributed by atoms with van der Waals surface area (Å²) in [5, 5.41) is 3.24. The van der Waals surface area contributed by atoms with Gasteiger partial charge in [0.1, 0.15) is 0 Å². The highest BCUT2D eigenvalue weighted by atomic mass is 15.2. The van der Waals surface area contributed by atoms with Gasteiger partial charge in [0.25, 0.3) is 0 Å². The molecule has 0 saturated carbocycles. The molecule has 1 rings (SSSR count). The largest absolute Gasteiger partial charge is 0.318 e. The van der Waals surface area contributed by atoms with Gasteiger partial charge in [-0.1, -0.05) is 29.8 Å². The summed E-state index contributed by atoms with van der Waals surface area (Å²) in [6.07, 6.45) is 0. The van der Waals surface area contributed by atoms with Crippen LogP contribution in [0.2, 0.25) is 0 Å². The Labute approximate surface area is 99.7 Å². The normalized spacial score (nSPS) is 12.1. The van der Waals surface area contributed by atoms with Gasteiger partial charge in [-0.3, -0.25) is 4.90 Å². The highest BCUT2D eigenvalue weighted by molar-refractivity contribution is 5.21. The molecule has 90 valence electrons. The Morgan fingerprint density at radius 3 is 2.25 bits per heavy atom. The molecule has 0 aromatic heterocycles. The molecule has 0 unspecified atom stereocenters. The molecular weight excluding hydrogens is 196 g/mol. The van der Waals surface area contributed by atoms with E-state index in [2.05, 4.69) is 62.3 Å². The Morgan fingerprint density at radius 2 is 1.75 bits per heavy atom. The predicted molar refractivity (Wildman–Crippen MR) is 70.7 cm³/mol. The maximum atomic E-state index is 3.24. The molecule has 16 heavy (non-hydrogen) atoms. The summed E-state index contributed by atoms with van der Waals surface area (Å²) in [5.74, 6) is 0. The first-order valence-corrected chi connectivity index (χ1v) is 5.87. The summed E-state index contributed by atoms with van der Waals surface area (Å²) >= 11 is 0. The fourth-order valence-electron chi connectivity index (χ4n) is 1.75. The monoisotopic (exact) mass is 220 g/mol. The fraction of sp³-hybridized carbons (Fsp3) is 0.571. The number of nitrogens with zero attached hydrogens (tertiary/aromatic N) is 1.